The lowest BCUT2D eigenvalue weighted by Crippen LogP contribution is -2.58. The van der Waals surface area contributed by atoms with E-state index in [0.717, 1.165) is 20.8 Å². The Morgan fingerprint density at radius 1 is 0.889 bits per heavy atom. The Kier molecular flexibility index (Phi) is 11.6. The summed E-state index contributed by atoms with van der Waals surface area (Å²) in [7, 11) is 0. The number of nitrogens with zero attached hydrogens (tertiary/aromatic N) is 4. The SMILES string of the molecule is CC(=O)O[C@@H]1[C@@H](OC(C)=O)[C@H](C)O[C@@H](n2cc(COC[C@H]3C(=O)OC4c5cc(C)cc(O)c5C5=C(C(=O)c6c(O[C@H]7C[C@@H](O)[C@@H](O)[C@H](C)O7)cccc6C5=O)N43)nn2)[C@@H]1OC(C)=O. The number of carbonyl (C=O) groups is 6. The summed E-state index contributed by atoms with van der Waals surface area (Å²) < 4.78 is 47.4. The Labute approximate surface area is 358 Å². The minimum absolute atomic E-state index is 0.0288. The van der Waals surface area contributed by atoms with Gasteiger partial charge in [0.2, 0.25) is 18.3 Å². The van der Waals surface area contributed by atoms with Crippen molar-refractivity contribution in [1.82, 2.24) is 19.9 Å². The van der Waals surface area contributed by atoms with Gasteiger partial charge in [-0.2, -0.15) is 0 Å². The normalized spacial score (nSPS) is 29.8. The zero-order valence-electron chi connectivity index (χ0n) is 34.8. The molecule has 0 saturated carbocycles. The molecule has 3 aromatic rings. The highest BCUT2D eigenvalue weighted by Gasteiger charge is 2.55. The van der Waals surface area contributed by atoms with Crippen molar-refractivity contribution in [3.8, 4) is 11.5 Å². The van der Waals surface area contributed by atoms with Crippen LogP contribution in [-0.2, 0) is 58.9 Å². The molecule has 2 aromatic carbocycles. The molecule has 0 radical (unpaired) electrons. The number of hydrogen-bond donors (Lipinski definition) is 3. The van der Waals surface area contributed by atoms with Gasteiger partial charge in [0.05, 0.1) is 48.9 Å². The van der Waals surface area contributed by atoms with Gasteiger partial charge >= 0.3 is 23.9 Å². The molecule has 1 aromatic heterocycles. The van der Waals surface area contributed by atoms with Crippen LogP contribution in [-0.4, -0.2) is 132 Å². The third kappa shape index (κ3) is 7.90. The van der Waals surface area contributed by atoms with E-state index < -0.39 is 110 Å². The number of ether oxygens (including phenoxy) is 8. The summed E-state index contributed by atoms with van der Waals surface area (Å²) in [5, 5.41) is 40.2. The Morgan fingerprint density at radius 2 is 1.59 bits per heavy atom. The van der Waals surface area contributed by atoms with Crippen molar-refractivity contribution < 1.29 is 82.0 Å². The second-order valence-electron chi connectivity index (χ2n) is 15.9. The van der Waals surface area contributed by atoms with Gasteiger partial charge in [0.25, 0.3) is 0 Å². The van der Waals surface area contributed by atoms with Crippen molar-refractivity contribution >= 4 is 41.0 Å². The number of carbonyl (C=O) groups excluding carboxylic acids is 6. The van der Waals surface area contributed by atoms with Crippen LogP contribution in [0.25, 0.3) is 5.57 Å². The second-order valence-corrected chi connectivity index (χ2v) is 15.9. The molecule has 4 aliphatic heterocycles. The van der Waals surface area contributed by atoms with Crippen LogP contribution in [0.1, 0.15) is 96.6 Å². The fourth-order valence-electron chi connectivity index (χ4n) is 8.65. The van der Waals surface area contributed by atoms with Gasteiger partial charge in [0, 0.05) is 43.9 Å². The van der Waals surface area contributed by atoms with Crippen molar-refractivity contribution in [2.45, 2.75) is 122 Å². The highest BCUT2D eigenvalue weighted by atomic mass is 16.7. The fourth-order valence-corrected chi connectivity index (χ4v) is 8.65. The van der Waals surface area contributed by atoms with Crippen LogP contribution >= 0.6 is 0 Å². The molecule has 3 N–H and O–H groups in total. The van der Waals surface area contributed by atoms with E-state index in [0.29, 0.717) is 5.56 Å². The number of phenolic OH excluding ortho intramolecular Hbond substituents is 1. The maximum Gasteiger partial charge on any atom is 0.333 e. The number of aliphatic hydroxyl groups excluding tert-OH is 2. The molecule has 0 bridgehead atoms. The lowest BCUT2D eigenvalue weighted by Gasteiger charge is -2.43. The van der Waals surface area contributed by atoms with Gasteiger partial charge in [0.1, 0.15) is 29.0 Å². The standard InChI is InChI=1S/C42H44N4O17/c1-16-10-24-30(26(50)11-16)32-33(36(54)31-23(35(32)53)8-7-9-28(31)62-29-12-27(51)34(52)17(2)57-29)46-25(42(55)63-40(24)46)15-56-14-22-13-45(44-43-22)41-39(61-21(6)49)38(60-20(5)48)37(18(3)58-41)59-19(4)47/h7-11,13,17-18,25,27,29,34,37-41,50-52H,12,14-15H2,1-6H3/t17-,18-,25-,27+,29-,34-,37-,38+,39+,40?,41+/m0/s1. The van der Waals surface area contributed by atoms with Crippen LogP contribution in [0.2, 0.25) is 0 Å². The number of aromatic nitrogens is 3. The highest BCUT2D eigenvalue weighted by molar-refractivity contribution is 6.41. The first-order valence-corrected chi connectivity index (χ1v) is 20.1. The molecule has 8 rings (SSSR count). The van der Waals surface area contributed by atoms with Gasteiger partial charge in [-0.1, -0.05) is 17.3 Å². The number of aryl methyl sites for hydroxylation is 1. The number of allylic oxidation sites excluding steroid dienone is 2. The van der Waals surface area contributed by atoms with Gasteiger partial charge in [-0.15, -0.1) is 5.10 Å². The van der Waals surface area contributed by atoms with Crippen LogP contribution in [0.15, 0.2) is 42.2 Å². The topological polar surface area (TPSA) is 271 Å². The first kappa shape index (κ1) is 43.4. The summed E-state index contributed by atoms with van der Waals surface area (Å²) in [6.07, 6.45) is -10.1. The minimum Gasteiger partial charge on any atom is -0.507 e. The molecule has 63 heavy (non-hydrogen) atoms. The molecule has 5 aliphatic rings. The highest BCUT2D eigenvalue weighted by Crippen LogP contribution is 2.52. The van der Waals surface area contributed by atoms with Crippen molar-refractivity contribution in [2.24, 2.45) is 0 Å². The number of Topliss-reactive ketones (excluding diaryl/α,β-unsaturated/α-hetero) is 2. The van der Waals surface area contributed by atoms with Crippen LogP contribution in [0, 0.1) is 6.92 Å². The summed E-state index contributed by atoms with van der Waals surface area (Å²) in [6, 6.07) is 6.17. The first-order chi connectivity index (χ1) is 29.9. The van der Waals surface area contributed by atoms with E-state index in [2.05, 4.69) is 10.3 Å². The first-order valence-electron chi connectivity index (χ1n) is 20.1. The smallest absolute Gasteiger partial charge is 0.333 e. The van der Waals surface area contributed by atoms with Crippen molar-refractivity contribution in [1.29, 1.82) is 0 Å². The number of phenols is 1. The fraction of sp³-hybridized carbons (Fsp3) is 0.476. The number of benzene rings is 2. The summed E-state index contributed by atoms with van der Waals surface area (Å²) >= 11 is 0. The number of rotatable bonds is 10. The molecular weight excluding hydrogens is 832 g/mol. The predicted octanol–water partition coefficient (Wildman–Crippen LogP) is 1.49. The molecule has 3 saturated heterocycles. The number of esters is 4. The Morgan fingerprint density at radius 3 is 2.29 bits per heavy atom. The lowest BCUT2D eigenvalue weighted by atomic mass is 9.78. The zero-order chi connectivity index (χ0) is 45.2. The molecule has 21 heteroatoms. The van der Waals surface area contributed by atoms with Gasteiger partial charge in [-0.05, 0) is 44.5 Å². The van der Waals surface area contributed by atoms with Crippen LogP contribution in [0.4, 0.5) is 0 Å². The monoisotopic (exact) mass is 876 g/mol. The summed E-state index contributed by atoms with van der Waals surface area (Å²) in [5.74, 6) is -4.71. The van der Waals surface area contributed by atoms with E-state index in [1.54, 1.807) is 26.8 Å². The molecule has 3 fully saturated rings. The van der Waals surface area contributed by atoms with Gasteiger partial charge in [-0.25, -0.2) is 9.48 Å². The molecule has 334 valence electrons. The predicted molar refractivity (Wildman–Crippen MR) is 207 cm³/mol. The Bertz CT molecular complexity index is 2420. The van der Waals surface area contributed by atoms with Gasteiger partial charge in [-0.3, -0.25) is 24.0 Å². The number of hydrogen-bond acceptors (Lipinski definition) is 20. The average molecular weight is 877 g/mol. The second kappa shape index (κ2) is 16.8. The Balaban J connectivity index is 1.07. The van der Waals surface area contributed by atoms with Crippen molar-refractivity contribution in [2.75, 3.05) is 6.61 Å². The molecule has 1 unspecified atom stereocenters. The van der Waals surface area contributed by atoms with Crippen molar-refractivity contribution in [3.63, 3.8) is 0 Å². The van der Waals surface area contributed by atoms with Crippen molar-refractivity contribution in [3.05, 3.63) is 75.7 Å². The van der Waals surface area contributed by atoms with E-state index in [4.69, 9.17) is 37.9 Å². The summed E-state index contributed by atoms with van der Waals surface area (Å²) in [6.45, 7) is 7.59. The molecule has 11 atom stereocenters. The van der Waals surface area contributed by atoms with Crippen LogP contribution < -0.4 is 4.74 Å². The largest absolute Gasteiger partial charge is 0.507 e. The molecule has 0 amide bonds. The summed E-state index contributed by atoms with van der Waals surface area (Å²) in [5.41, 5.74) is 0.489. The van der Waals surface area contributed by atoms with Gasteiger partial charge in [0.15, 0.2) is 36.4 Å². The molecule has 21 nitrogen and oxygen atoms in total. The molecular formula is C42H44N4O17. The molecule has 1 aliphatic carbocycles. The zero-order valence-corrected chi connectivity index (χ0v) is 34.8. The average Bonchev–Trinajstić information content (AvgIpc) is 3.81. The van der Waals surface area contributed by atoms with E-state index >= 15 is 0 Å². The number of aromatic hydroxyl groups is 1. The number of ketones is 2. The summed E-state index contributed by atoms with van der Waals surface area (Å²) in [4.78, 5) is 80.9. The lowest BCUT2D eigenvalue weighted by molar-refractivity contribution is -0.261. The quantitative estimate of drug-likeness (QED) is 0.192. The molecule has 5 heterocycles. The van der Waals surface area contributed by atoms with E-state index in [1.165, 1.54) is 40.0 Å². The maximum atomic E-state index is 14.9. The van der Waals surface area contributed by atoms with Gasteiger partial charge < -0.3 is 58.1 Å². The number of aliphatic hydroxyl groups is 2. The number of fused-ring (bicyclic) bond motifs is 6. The Hall–Kier alpha value is -6.26. The van der Waals surface area contributed by atoms with E-state index in [9.17, 15) is 44.1 Å². The van der Waals surface area contributed by atoms with Crippen LogP contribution in [0.5, 0.6) is 11.5 Å². The van der Waals surface area contributed by atoms with E-state index in [1.807, 2.05) is 0 Å². The molecule has 0 spiro atoms. The minimum atomic E-state index is -1.34. The van der Waals surface area contributed by atoms with E-state index in [-0.39, 0.29) is 63.7 Å². The maximum absolute atomic E-state index is 14.9. The van der Waals surface area contributed by atoms with Crippen LogP contribution in [0.3, 0.4) is 0 Å². The third-order valence-electron chi connectivity index (χ3n) is 11.3. The third-order valence-corrected chi connectivity index (χ3v) is 11.3.